The maximum atomic E-state index is 12.0. The summed E-state index contributed by atoms with van der Waals surface area (Å²) in [7, 11) is 1.44. The van der Waals surface area contributed by atoms with E-state index in [0.717, 1.165) is 17.5 Å². The van der Waals surface area contributed by atoms with E-state index in [0.29, 0.717) is 11.0 Å². The van der Waals surface area contributed by atoms with Gasteiger partial charge in [0, 0.05) is 22.4 Å². The molecule has 0 amide bonds. The molecular weight excluding hydrogens is 306 g/mol. The van der Waals surface area contributed by atoms with Crippen LogP contribution in [0, 0.1) is 5.41 Å². The van der Waals surface area contributed by atoms with Crippen LogP contribution in [-0.4, -0.2) is 24.9 Å². The highest BCUT2D eigenvalue weighted by atomic mass is 32.2. The minimum absolute atomic E-state index is 0.259. The van der Waals surface area contributed by atoms with Crippen molar-refractivity contribution in [3.05, 3.63) is 23.8 Å². The van der Waals surface area contributed by atoms with Crippen molar-refractivity contribution in [2.45, 2.75) is 62.0 Å². The molecule has 2 aliphatic rings. The number of carbonyl (C=O) groups excluding carboxylic acids is 1. The predicted octanol–water partition coefficient (Wildman–Crippen LogP) is 5.11. The zero-order chi connectivity index (χ0) is 16.3. The van der Waals surface area contributed by atoms with E-state index < -0.39 is 0 Å². The highest BCUT2D eigenvalue weighted by Crippen LogP contribution is 2.52. The molecule has 126 valence electrons. The SMILES string of the molecule is CCCC1(CCNc2cc(SC3CC3)ccc2C(=O)OC)CC1. The van der Waals surface area contributed by atoms with E-state index in [1.54, 1.807) is 0 Å². The van der Waals surface area contributed by atoms with Crippen molar-refractivity contribution in [2.75, 3.05) is 19.0 Å². The summed E-state index contributed by atoms with van der Waals surface area (Å²) in [6, 6.07) is 6.06. The molecule has 0 spiro atoms. The Morgan fingerprint density at radius 1 is 1.35 bits per heavy atom. The zero-order valence-corrected chi connectivity index (χ0v) is 15.0. The summed E-state index contributed by atoms with van der Waals surface area (Å²) in [4.78, 5) is 13.2. The summed E-state index contributed by atoms with van der Waals surface area (Å²) in [5, 5.41) is 4.27. The highest BCUT2D eigenvalue weighted by molar-refractivity contribution is 8.00. The molecule has 0 bridgehead atoms. The van der Waals surface area contributed by atoms with Gasteiger partial charge in [-0.15, -0.1) is 11.8 Å². The van der Waals surface area contributed by atoms with Gasteiger partial charge in [-0.25, -0.2) is 4.79 Å². The fraction of sp³-hybridized carbons (Fsp3) is 0.632. The first-order valence-electron chi connectivity index (χ1n) is 8.79. The molecule has 3 nitrogen and oxygen atoms in total. The van der Waals surface area contributed by atoms with Gasteiger partial charge in [-0.1, -0.05) is 13.3 Å². The molecule has 0 radical (unpaired) electrons. The van der Waals surface area contributed by atoms with Crippen molar-refractivity contribution in [1.29, 1.82) is 0 Å². The van der Waals surface area contributed by atoms with E-state index in [9.17, 15) is 4.79 Å². The van der Waals surface area contributed by atoms with E-state index in [1.165, 1.54) is 57.0 Å². The summed E-state index contributed by atoms with van der Waals surface area (Å²) in [6.45, 7) is 3.20. The summed E-state index contributed by atoms with van der Waals surface area (Å²) in [5.41, 5.74) is 2.15. The van der Waals surface area contributed by atoms with E-state index in [-0.39, 0.29) is 5.97 Å². The standard InChI is InChI=1S/C19H27NO2S/c1-3-8-19(9-10-19)11-12-20-17-13-15(23-14-4-5-14)6-7-16(17)18(21)22-2/h6-7,13-14,20H,3-5,8-12H2,1-2H3. The summed E-state index contributed by atoms with van der Waals surface area (Å²) in [6.07, 6.45) is 9.14. The predicted molar refractivity (Wildman–Crippen MR) is 96.3 cm³/mol. The van der Waals surface area contributed by atoms with E-state index >= 15 is 0 Å². The van der Waals surface area contributed by atoms with Crippen molar-refractivity contribution in [3.8, 4) is 0 Å². The second-order valence-corrected chi connectivity index (χ2v) is 8.32. The van der Waals surface area contributed by atoms with Crippen LogP contribution in [0.15, 0.2) is 23.1 Å². The molecule has 0 unspecified atom stereocenters. The number of carbonyl (C=O) groups is 1. The Balaban J connectivity index is 1.65. The van der Waals surface area contributed by atoms with Gasteiger partial charge >= 0.3 is 5.97 Å². The molecule has 2 aliphatic carbocycles. The van der Waals surface area contributed by atoms with Crippen LogP contribution < -0.4 is 5.32 Å². The molecule has 3 rings (SSSR count). The van der Waals surface area contributed by atoms with Crippen LogP contribution >= 0.6 is 11.8 Å². The maximum absolute atomic E-state index is 12.0. The molecule has 1 aromatic rings. The largest absolute Gasteiger partial charge is 0.465 e. The number of rotatable bonds is 9. The van der Waals surface area contributed by atoms with E-state index in [4.69, 9.17) is 4.74 Å². The summed E-state index contributed by atoms with van der Waals surface area (Å²) >= 11 is 1.92. The second kappa shape index (κ2) is 7.16. The third-order valence-corrected chi connectivity index (χ3v) is 6.26. The quantitative estimate of drug-likeness (QED) is 0.637. The van der Waals surface area contributed by atoms with Crippen LogP contribution in [0.3, 0.4) is 0 Å². The van der Waals surface area contributed by atoms with Crippen LogP contribution in [0.25, 0.3) is 0 Å². The number of benzene rings is 1. The van der Waals surface area contributed by atoms with Gasteiger partial charge in [-0.05, 0) is 62.1 Å². The van der Waals surface area contributed by atoms with Crippen molar-refractivity contribution in [3.63, 3.8) is 0 Å². The fourth-order valence-corrected chi connectivity index (χ4v) is 4.29. The Bertz CT molecular complexity index is 564. The number of methoxy groups -OCH3 is 1. The molecule has 0 heterocycles. The number of hydrogen-bond donors (Lipinski definition) is 1. The Morgan fingerprint density at radius 3 is 2.74 bits per heavy atom. The monoisotopic (exact) mass is 333 g/mol. The molecule has 4 heteroatoms. The number of anilines is 1. The van der Waals surface area contributed by atoms with Crippen LogP contribution in [-0.2, 0) is 4.74 Å². The fourth-order valence-electron chi connectivity index (χ4n) is 3.20. The first kappa shape index (κ1) is 16.7. The Kier molecular flexibility index (Phi) is 5.20. The lowest BCUT2D eigenvalue weighted by Gasteiger charge is -2.17. The molecule has 0 saturated heterocycles. The van der Waals surface area contributed by atoms with Crippen LogP contribution in [0.5, 0.6) is 0 Å². The lowest BCUT2D eigenvalue weighted by Crippen LogP contribution is -2.13. The molecule has 0 aliphatic heterocycles. The number of hydrogen-bond acceptors (Lipinski definition) is 4. The first-order valence-corrected chi connectivity index (χ1v) is 9.67. The molecule has 2 saturated carbocycles. The van der Waals surface area contributed by atoms with E-state index in [1.807, 2.05) is 23.9 Å². The van der Waals surface area contributed by atoms with Gasteiger partial charge in [0.05, 0.1) is 12.7 Å². The average molecular weight is 333 g/mol. The highest BCUT2D eigenvalue weighted by Gasteiger charge is 2.40. The number of esters is 1. The third-order valence-electron chi connectivity index (χ3n) is 4.93. The van der Waals surface area contributed by atoms with E-state index in [2.05, 4.69) is 18.3 Å². The topological polar surface area (TPSA) is 38.3 Å². The normalized spacial score (nSPS) is 18.5. The minimum Gasteiger partial charge on any atom is -0.465 e. The summed E-state index contributed by atoms with van der Waals surface area (Å²) < 4.78 is 4.92. The molecule has 1 N–H and O–H groups in total. The Morgan fingerprint density at radius 2 is 2.13 bits per heavy atom. The van der Waals surface area contributed by atoms with Gasteiger partial charge in [-0.2, -0.15) is 0 Å². The van der Waals surface area contributed by atoms with Crippen molar-refractivity contribution >= 4 is 23.4 Å². The van der Waals surface area contributed by atoms with Crippen molar-refractivity contribution < 1.29 is 9.53 Å². The van der Waals surface area contributed by atoms with Crippen molar-refractivity contribution in [2.24, 2.45) is 5.41 Å². The third kappa shape index (κ3) is 4.43. The van der Waals surface area contributed by atoms with Gasteiger partial charge in [0.15, 0.2) is 0 Å². The Labute approximate surface area is 143 Å². The van der Waals surface area contributed by atoms with Crippen LogP contribution in [0.4, 0.5) is 5.69 Å². The lowest BCUT2D eigenvalue weighted by atomic mass is 9.96. The van der Waals surface area contributed by atoms with Gasteiger partial charge in [0.2, 0.25) is 0 Å². The maximum Gasteiger partial charge on any atom is 0.339 e. The molecule has 1 aromatic carbocycles. The van der Waals surface area contributed by atoms with Crippen molar-refractivity contribution in [1.82, 2.24) is 0 Å². The molecular formula is C19H27NO2S. The number of nitrogens with one attached hydrogen (secondary N) is 1. The van der Waals surface area contributed by atoms with Gasteiger partial charge < -0.3 is 10.1 Å². The van der Waals surface area contributed by atoms with Gasteiger partial charge in [-0.3, -0.25) is 0 Å². The summed E-state index contributed by atoms with van der Waals surface area (Å²) in [5.74, 6) is -0.259. The molecule has 0 aromatic heterocycles. The lowest BCUT2D eigenvalue weighted by molar-refractivity contribution is 0.0602. The van der Waals surface area contributed by atoms with Gasteiger partial charge in [0.25, 0.3) is 0 Å². The average Bonchev–Trinajstić information content (AvgIpc) is 3.46. The minimum atomic E-state index is -0.259. The number of thioether (sulfide) groups is 1. The molecule has 2 fully saturated rings. The van der Waals surface area contributed by atoms with Gasteiger partial charge in [0.1, 0.15) is 0 Å². The number of ether oxygens (including phenoxy) is 1. The first-order chi connectivity index (χ1) is 11.2. The zero-order valence-electron chi connectivity index (χ0n) is 14.2. The second-order valence-electron chi connectivity index (χ2n) is 6.94. The smallest absolute Gasteiger partial charge is 0.339 e. The Hall–Kier alpha value is -1.16. The van der Waals surface area contributed by atoms with Crippen LogP contribution in [0.2, 0.25) is 0 Å². The molecule has 0 atom stereocenters. The van der Waals surface area contributed by atoms with Crippen LogP contribution in [0.1, 0.15) is 62.2 Å². The molecule has 23 heavy (non-hydrogen) atoms.